The van der Waals surface area contributed by atoms with Crippen molar-refractivity contribution in [3.63, 3.8) is 0 Å². The molecule has 3 N–H and O–H groups in total. The quantitative estimate of drug-likeness (QED) is 0.266. The molecular formula is C33H49BN2O7. The number of rotatable bonds is 6. The summed E-state index contributed by atoms with van der Waals surface area (Å²) in [5.41, 5.74) is 5.33. The minimum atomic E-state index is -1.01. The smallest absolute Gasteiger partial charge is 0.338 e. The molecule has 9 nitrogen and oxygen atoms in total. The van der Waals surface area contributed by atoms with Crippen LogP contribution in [0.2, 0.25) is 0 Å². The van der Waals surface area contributed by atoms with Crippen molar-refractivity contribution in [3.8, 4) is 11.3 Å². The molecule has 3 rings (SSSR count). The summed E-state index contributed by atoms with van der Waals surface area (Å²) < 4.78 is 14.5. The first-order chi connectivity index (χ1) is 19.9. The van der Waals surface area contributed by atoms with Gasteiger partial charge in [0.25, 0.3) is 0 Å². The Morgan fingerprint density at radius 3 is 1.65 bits per heavy atom. The zero-order valence-electron chi connectivity index (χ0n) is 28.1. The maximum atomic E-state index is 11.8. The molecule has 0 bridgehead atoms. The van der Waals surface area contributed by atoms with Gasteiger partial charge in [0.2, 0.25) is 0 Å². The molecule has 0 spiro atoms. The summed E-state index contributed by atoms with van der Waals surface area (Å²) in [4.78, 5) is 30.4. The van der Waals surface area contributed by atoms with E-state index < -0.39 is 11.2 Å². The van der Waals surface area contributed by atoms with Crippen LogP contribution >= 0.6 is 0 Å². The fourth-order valence-electron chi connectivity index (χ4n) is 3.38. The van der Waals surface area contributed by atoms with E-state index in [2.05, 4.69) is 14.7 Å². The molecule has 0 aliphatic rings. The van der Waals surface area contributed by atoms with Gasteiger partial charge in [-0.2, -0.15) is 0 Å². The first-order valence-electron chi connectivity index (χ1n) is 14.0. The van der Waals surface area contributed by atoms with E-state index >= 15 is 0 Å². The van der Waals surface area contributed by atoms with Crippen LogP contribution in [0, 0.1) is 27.7 Å². The second kappa shape index (κ2) is 17.6. The Morgan fingerprint density at radius 1 is 0.791 bits per heavy atom. The molecule has 0 aliphatic carbocycles. The summed E-state index contributed by atoms with van der Waals surface area (Å²) in [6.07, 6.45) is 1.74. The van der Waals surface area contributed by atoms with Gasteiger partial charge in [-0.25, -0.2) is 14.6 Å². The Labute approximate surface area is 258 Å². The fourth-order valence-corrected chi connectivity index (χ4v) is 3.38. The summed E-state index contributed by atoms with van der Waals surface area (Å²) >= 11 is 0. The molecule has 43 heavy (non-hydrogen) atoms. The van der Waals surface area contributed by atoms with Gasteiger partial charge < -0.3 is 29.4 Å². The predicted molar refractivity (Wildman–Crippen MR) is 172 cm³/mol. The number of nitrogens with zero attached hydrogens (tertiary/aromatic N) is 1. The van der Waals surface area contributed by atoms with Crippen LogP contribution in [-0.2, 0) is 20.8 Å². The fraction of sp³-hybridized carbons (Fsp3) is 0.485. The van der Waals surface area contributed by atoms with E-state index in [9.17, 15) is 9.59 Å². The Morgan fingerprint density at radius 2 is 1.23 bits per heavy atom. The van der Waals surface area contributed by atoms with Crippen LogP contribution in [0.3, 0.4) is 0 Å². The number of aromatic amines is 1. The minimum Gasteiger partial charge on any atom is -0.465 e. The normalized spacial score (nSPS) is 10.7. The molecule has 0 aliphatic heterocycles. The second-order valence-electron chi connectivity index (χ2n) is 10.8. The van der Waals surface area contributed by atoms with E-state index in [0.29, 0.717) is 23.2 Å². The number of carbonyl (C=O) groups excluding carboxylic acids is 2. The third-order valence-electron chi connectivity index (χ3n) is 6.69. The number of aliphatic hydroxyl groups is 2. The number of benzene rings is 2. The highest BCUT2D eigenvalue weighted by Gasteiger charge is 2.32. The summed E-state index contributed by atoms with van der Waals surface area (Å²) in [5.74, 6) is 0.0756. The van der Waals surface area contributed by atoms with Crippen LogP contribution in [-0.4, -0.2) is 72.5 Å². The van der Waals surface area contributed by atoms with Crippen LogP contribution in [0.25, 0.3) is 11.3 Å². The largest absolute Gasteiger partial charge is 0.465 e. The lowest BCUT2D eigenvalue weighted by molar-refractivity contribution is -0.107. The van der Waals surface area contributed by atoms with Gasteiger partial charge in [0.05, 0.1) is 48.4 Å². The molecule has 10 heteroatoms. The number of hydrogen-bond acceptors (Lipinski definition) is 8. The van der Waals surface area contributed by atoms with E-state index in [0.717, 1.165) is 39.3 Å². The topological polar surface area (TPSA) is 131 Å². The molecule has 3 aromatic rings. The maximum Gasteiger partial charge on any atom is 0.338 e. The number of nitrogens with one attached hydrogen (secondary N) is 1. The number of carbonyl (C=O) groups is 2. The van der Waals surface area contributed by atoms with Crippen molar-refractivity contribution in [2.45, 2.75) is 87.0 Å². The SMILES string of the molecule is CC.CC(C)(O)C(C)(C)O.COCc1ncc(-c2cc(C(=O)OC)c(C)cc2C)[nH]1.[B]c1cc(C(=O)OC)c(C)cc1C. The molecule has 2 radical (unpaired) electrons. The van der Waals surface area contributed by atoms with Crippen LogP contribution in [0.4, 0.5) is 0 Å². The average Bonchev–Trinajstić information content (AvgIpc) is 3.39. The molecule has 0 fully saturated rings. The number of aryl methyl sites for hydroxylation is 4. The summed E-state index contributed by atoms with van der Waals surface area (Å²) in [6.45, 7) is 18.4. The Bertz CT molecular complexity index is 1320. The number of hydrogen-bond donors (Lipinski definition) is 3. The number of imidazole rings is 1. The van der Waals surface area contributed by atoms with Crippen LogP contribution in [0.5, 0.6) is 0 Å². The highest BCUT2D eigenvalue weighted by atomic mass is 16.5. The third kappa shape index (κ3) is 12.0. The number of ether oxygens (including phenoxy) is 3. The summed E-state index contributed by atoms with van der Waals surface area (Å²) in [7, 11) is 10.0. The molecule has 1 aromatic heterocycles. The van der Waals surface area contributed by atoms with Crippen molar-refractivity contribution in [3.05, 3.63) is 69.7 Å². The van der Waals surface area contributed by atoms with Gasteiger partial charge in [-0.3, -0.25) is 0 Å². The number of aromatic nitrogens is 2. The van der Waals surface area contributed by atoms with Crippen LogP contribution in [0.1, 0.15) is 90.3 Å². The van der Waals surface area contributed by atoms with Crippen molar-refractivity contribution in [1.29, 1.82) is 0 Å². The van der Waals surface area contributed by atoms with Gasteiger partial charge in [0, 0.05) is 12.7 Å². The highest BCUT2D eigenvalue weighted by molar-refractivity contribution is 6.33. The highest BCUT2D eigenvalue weighted by Crippen LogP contribution is 2.26. The van der Waals surface area contributed by atoms with E-state index in [1.807, 2.05) is 59.7 Å². The molecule has 0 amide bonds. The van der Waals surface area contributed by atoms with E-state index in [4.69, 9.17) is 27.5 Å². The van der Waals surface area contributed by atoms with E-state index in [1.165, 1.54) is 14.2 Å². The Hall–Kier alpha value is -3.47. The third-order valence-corrected chi connectivity index (χ3v) is 6.69. The second-order valence-corrected chi connectivity index (χ2v) is 10.8. The number of methoxy groups -OCH3 is 3. The lowest BCUT2D eigenvalue weighted by atomic mass is 9.88. The van der Waals surface area contributed by atoms with Gasteiger partial charge in [0.1, 0.15) is 20.3 Å². The molecular weight excluding hydrogens is 547 g/mol. The minimum absolute atomic E-state index is 0.333. The molecule has 0 unspecified atom stereocenters. The summed E-state index contributed by atoms with van der Waals surface area (Å²) in [6, 6.07) is 7.33. The van der Waals surface area contributed by atoms with E-state index in [-0.39, 0.29) is 11.9 Å². The summed E-state index contributed by atoms with van der Waals surface area (Å²) in [5, 5.41) is 18.2. The standard InChI is InChI=1S/C15H18N2O3.C10H11BO2.C6H14O2.C2H6/c1-9-5-10(2)12(15(18)20-4)6-11(9)13-7-16-14(17-13)8-19-3;1-6-4-7(2)9(11)5-8(6)10(12)13-3;1-5(2,7)6(3,4)8;1-2/h5-7H,8H2,1-4H3,(H,16,17);4-5H,1-3H3;7-8H,1-4H3;1-2H3. The molecule has 236 valence electrons. The zero-order valence-corrected chi connectivity index (χ0v) is 28.1. The zero-order chi connectivity index (χ0) is 33.7. The van der Waals surface area contributed by atoms with Crippen molar-refractivity contribution < 1.29 is 34.0 Å². The monoisotopic (exact) mass is 596 g/mol. The molecule has 1 heterocycles. The van der Waals surface area contributed by atoms with Crippen molar-refractivity contribution in [1.82, 2.24) is 9.97 Å². The maximum absolute atomic E-state index is 11.8. The predicted octanol–water partition coefficient (Wildman–Crippen LogP) is 5.06. The van der Waals surface area contributed by atoms with Crippen molar-refractivity contribution >= 4 is 25.2 Å². The number of H-pyrrole nitrogens is 1. The van der Waals surface area contributed by atoms with E-state index in [1.54, 1.807) is 47.1 Å². The molecule has 2 aromatic carbocycles. The van der Waals surface area contributed by atoms with Gasteiger partial charge in [-0.05, 0) is 78.1 Å². The van der Waals surface area contributed by atoms with Crippen LogP contribution < -0.4 is 5.46 Å². The van der Waals surface area contributed by atoms with Crippen molar-refractivity contribution in [2.24, 2.45) is 0 Å². The lowest BCUT2D eigenvalue weighted by Crippen LogP contribution is -2.44. The molecule has 0 saturated heterocycles. The number of esters is 2. The Kier molecular flexibility index (Phi) is 16.2. The van der Waals surface area contributed by atoms with Gasteiger partial charge >= 0.3 is 11.9 Å². The average molecular weight is 597 g/mol. The first kappa shape index (κ1) is 39.5. The van der Waals surface area contributed by atoms with Gasteiger partial charge in [-0.1, -0.05) is 43.1 Å². The van der Waals surface area contributed by atoms with Crippen molar-refractivity contribution in [2.75, 3.05) is 21.3 Å². The first-order valence-corrected chi connectivity index (χ1v) is 14.0. The Balaban J connectivity index is 0.000000660. The van der Waals surface area contributed by atoms with Gasteiger partial charge in [0.15, 0.2) is 0 Å². The van der Waals surface area contributed by atoms with Gasteiger partial charge in [-0.15, -0.1) is 0 Å². The lowest BCUT2D eigenvalue weighted by Gasteiger charge is -2.31. The van der Waals surface area contributed by atoms with Crippen LogP contribution in [0.15, 0.2) is 30.5 Å². The molecule has 0 atom stereocenters. The molecule has 0 saturated carbocycles.